The van der Waals surface area contributed by atoms with E-state index in [9.17, 15) is 13.2 Å². The molecule has 0 amide bonds. The fraction of sp³-hybridized carbons (Fsp3) is 0.300. The summed E-state index contributed by atoms with van der Waals surface area (Å²) >= 11 is 7.34. The molecule has 0 heterocycles. The van der Waals surface area contributed by atoms with Crippen LogP contribution in [-0.2, 0) is 9.84 Å². The SMILES string of the molecule is CCS(=O)(=O)[C@](Cl)(I)C(=O)c1ccccc1. The van der Waals surface area contributed by atoms with Crippen molar-refractivity contribution in [2.75, 3.05) is 5.75 Å². The quantitative estimate of drug-likeness (QED) is 0.464. The third kappa shape index (κ3) is 2.57. The fourth-order valence-corrected chi connectivity index (χ4v) is 3.53. The van der Waals surface area contributed by atoms with E-state index in [-0.39, 0.29) is 5.75 Å². The van der Waals surface area contributed by atoms with E-state index < -0.39 is 17.8 Å². The number of carbonyl (C=O) groups excluding carboxylic acids is 1. The summed E-state index contributed by atoms with van der Waals surface area (Å²) in [6, 6.07) is 8.16. The Morgan fingerprint density at radius 3 is 2.31 bits per heavy atom. The zero-order valence-corrected chi connectivity index (χ0v) is 12.2. The summed E-state index contributed by atoms with van der Waals surface area (Å²) < 4.78 is 21.4. The van der Waals surface area contributed by atoms with E-state index >= 15 is 0 Å². The molecular formula is C10H10ClIO3S. The van der Waals surface area contributed by atoms with Crippen molar-refractivity contribution in [2.45, 2.75) is 9.14 Å². The maximum Gasteiger partial charge on any atom is 0.257 e. The molecule has 0 radical (unpaired) electrons. The van der Waals surface area contributed by atoms with E-state index in [4.69, 9.17) is 11.6 Å². The minimum atomic E-state index is -3.64. The largest absolute Gasteiger partial charge is 0.290 e. The van der Waals surface area contributed by atoms with E-state index in [0.717, 1.165) is 0 Å². The van der Waals surface area contributed by atoms with Gasteiger partial charge >= 0.3 is 0 Å². The van der Waals surface area contributed by atoms with Crippen LogP contribution >= 0.6 is 34.2 Å². The van der Waals surface area contributed by atoms with Gasteiger partial charge in [-0.1, -0.05) is 48.9 Å². The third-order valence-electron chi connectivity index (χ3n) is 2.07. The number of alkyl halides is 2. The highest BCUT2D eigenvalue weighted by Gasteiger charge is 2.45. The number of carbonyl (C=O) groups is 1. The summed E-state index contributed by atoms with van der Waals surface area (Å²) in [4.78, 5) is 12.0. The topological polar surface area (TPSA) is 51.2 Å². The van der Waals surface area contributed by atoms with E-state index in [1.54, 1.807) is 30.3 Å². The summed E-state index contributed by atoms with van der Waals surface area (Å²) in [7, 11) is -3.64. The van der Waals surface area contributed by atoms with Crippen molar-refractivity contribution in [3.05, 3.63) is 35.9 Å². The van der Waals surface area contributed by atoms with Gasteiger partial charge in [-0.25, -0.2) is 8.42 Å². The first-order valence-electron chi connectivity index (χ1n) is 4.53. The van der Waals surface area contributed by atoms with Gasteiger partial charge in [-0.15, -0.1) is 0 Å². The van der Waals surface area contributed by atoms with Crippen LogP contribution in [0.25, 0.3) is 0 Å². The molecule has 6 heteroatoms. The Morgan fingerprint density at radius 2 is 1.88 bits per heavy atom. The van der Waals surface area contributed by atoms with Crippen molar-refractivity contribution in [2.24, 2.45) is 0 Å². The molecule has 0 aliphatic heterocycles. The van der Waals surface area contributed by atoms with Gasteiger partial charge in [-0.05, 0) is 22.6 Å². The lowest BCUT2D eigenvalue weighted by Gasteiger charge is -2.18. The highest BCUT2D eigenvalue weighted by Crippen LogP contribution is 2.35. The molecule has 1 aromatic rings. The Morgan fingerprint density at radius 1 is 1.38 bits per heavy atom. The van der Waals surface area contributed by atoms with Gasteiger partial charge in [0.2, 0.25) is 5.78 Å². The summed E-state index contributed by atoms with van der Waals surface area (Å²) in [5.74, 6) is -0.768. The van der Waals surface area contributed by atoms with E-state index in [1.165, 1.54) is 29.5 Å². The highest BCUT2D eigenvalue weighted by molar-refractivity contribution is 14.1. The minimum Gasteiger partial charge on any atom is -0.290 e. The van der Waals surface area contributed by atoms with Crippen molar-refractivity contribution >= 4 is 49.8 Å². The molecule has 0 aliphatic rings. The molecular weight excluding hydrogens is 363 g/mol. The van der Waals surface area contributed by atoms with Crippen LogP contribution in [0, 0.1) is 0 Å². The number of sulfone groups is 1. The number of ketones is 1. The molecule has 0 saturated heterocycles. The lowest BCUT2D eigenvalue weighted by Crippen LogP contribution is -2.36. The Kier molecular flexibility index (Phi) is 4.36. The van der Waals surface area contributed by atoms with Crippen LogP contribution in [0.1, 0.15) is 17.3 Å². The number of hydrogen-bond acceptors (Lipinski definition) is 3. The van der Waals surface area contributed by atoms with Gasteiger partial charge < -0.3 is 0 Å². The zero-order valence-electron chi connectivity index (χ0n) is 8.48. The number of halogens is 2. The van der Waals surface area contributed by atoms with Crippen molar-refractivity contribution in [3.63, 3.8) is 0 Å². The first-order valence-corrected chi connectivity index (χ1v) is 7.63. The highest BCUT2D eigenvalue weighted by atomic mass is 127. The molecule has 1 aromatic carbocycles. The molecule has 0 aromatic heterocycles. The van der Waals surface area contributed by atoms with Crippen LogP contribution in [0.15, 0.2) is 30.3 Å². The minimum absolute atomic E-state index is 0.169. The molecule has 0 fully saturated rings. The second-order valence-electron chi connectivity index (χ2n) is 3.12. The second kappa shape index (κ2) is 5.01. The van der Waals surface area contributed by atoms with Gasteiger partial charge in [-0.2, -0.15) is 0 Å². The Bertz CT molecular complexity index is 482. The monoisotopic (exact) mass is 372 g/mol. The van der Waals surface area contributed by atoms with Crippen LogP contribution in [0.3, 0.4) is 0 Å². The van der Waals surface area contributed by atoms with Crippen molar-refractivity contribution < 1.29 is 13.2 Å². The van der Waals surface area contributed by atoms with E-state index in [1.807, 2.05) is 0 Å². The van der Waals surface area contributed by atoms with Gasteiger partial charge in [0.1, 0.15) is 0 Å². The third-order valence-corrected chi connectivity index (χ3v) is 7.18. The Balaban J connectivity index is 3.17. The summed E-state index contributed by atoms with van der Waals surface area (Å²) in [6.45, 7) is 1.46. The summed E-state index contributed by atoms with van der Waals surface area (Å²) in [6.07, 6.45) is 0. The van der Waals surface area contributed by atoms with Gasteiger partial charge in [0.25, 0.3) is 2.21 Å². The summed E-state index contributed by atoms with van der Waals surface area (Å²) in [5, 5.41) is 0. The zero-order chi connectivity index (χ0) is 12.4. The van der Waals surface area contributed by atoms with Crippen LogP contribution < -0.4 is 0 Å². The predicted molar refractivity (Wildman–Crippen MR) is 72.8 cm³/mol. The van der Waals surface area contributed by atoms with E-state index in [0.29, 0.717) is 5.56 Å². The molecule has 1 atom stereocenters. The van der Waals surface area contributed by atoms with E-state index in [2.05, 4.69) is 0 Å². The molecule has 88 valence electrons. The normalized spacial score (nSPS) is 15.4. The van der Waals surface area contributed by atoms with Gasteiger partial charge in [0.05, 0.1) is 5.75 Å². The molecule has 3 nitrogen and oxygen atoms in total. The predicted octanol–water partition coefficient (Wildman–Crippen LogP) is 2.63. The van der Waals surface area contributed by atoms with Crippen molar-refractivity contribution in [3.8, 4) is 0 Å². The van der Waals surface area contributed by atoms with Crippen LogP contribution in [-0.4, -0.2) is 22.2 Å². The molecule has 0 unspecified atom stereocenters. The standard InChI is InChI=1S/C10H10ClIO3S/c1-2-16(14,15)10(11,12)9(13)8-6-4-3-5-7-8/h3-7H,2H2,1H3/t10-/m1/s1. The number of benzene rings is 1. The van der Waals surface area contributed by atoms with Gasteiger partial charge in [0, 0.05) is 5.56 Å². The number of hydrogen-bond donors (Lipinski definition) is 0. The van der Waals surface area contributed by atoms with Crippen molar-refractivity contribution in [1.29, 1.82) is 0 Å². The number of Topliss-reactive ketones (excluding diaryl/α,β-unsaturated/α-hetero) is 1. The van der Waals surface area contributed by atoms with Crippen LogP contribution in [0.5, 0.6) is 0 Å². The average Bonchev–Trinajstić information content (AvgIpc) is 2.29. The lowest BCUT2D eigenvalue weighted by molar-refractivity contribution is 0.100. The Labute approximate surface area is 113 Å². The maximum absolute atomic E-state index is 12.0. The molecule has 0 N–H and O–H groups in total. The second-order valence-corrected chi connectivity index (χ2v) is 9.31. The summed E-state index contributed by atoms with van der Waals surface area (Å²) in [5.41, 5.74) is 0.295. The number of rotatable bonds is 4. The Hall–Kier alpha value is -0.140. The molecule has 0 saturated carbocycles. The molecule has 16 heavy (non-hydrogen) atoms. The van der Waals surface area contributed by atoms with Crippen molar-refractivity contribution in [1.82, 2.24) is 0 Å². The van der Waals surface area contributed by atoms with Crippen LogP contribution in [0.4, 0.5) is 0 Å². The molecule has 0 spiro atoms. The van der Waals surface area contributed by atoms with Gasteiger partial charge in [-0.3, -0.25) is 4.79 Å². The van der Waals surface area contributed by atoms with Crippen LogP contribution in [0.2, 0.25) is 0 Å². The fourth-order valence-electron chi connectivity index (χ4n) is 1.08. The smallest absolute Gasteiger partial charge is 0.257 e. The molecule has 0 aliphatic carbocycles. The lowest BCUT2D eigenvalue weighted by atomic mass is 10.1. The first kappa shape index (κ1) is 13.9. The first-order chi connectivity index (χ1) is 7.33. The molecule has 0 bridgehead atoms. The van der Waals surface area contributed by atoms with Gasteiger partial charge in [0.15, 0.2) is 9.84 Å². The maximum atomic E-state index is 12.0. The molecule has 1 rings (SSSR count). The average molecular weight is 373 g/mol.